The van der Waals surface area contributed by atoms with Gasteiger partial charge in [0.2, 0.25) is 0 Å². The number of nitrogens with one attached hydrogen (secondary N) is 1. The number of Topliss-reactive ketones (excluding diaryl/α,β-unsaturated/α-hetero) is 1. The monoisotopic (exact) mass is 347 g/mol. The molecule has 3 nitrogen and oxygen atoms in total. The third kappa shape index (κ3) is 5.45. The summed E-state index contributed by atoms with van der Waals surface area (Å²) in [6.45, 7) is 4.23. The Bertz CT molecular complexity index is 518. The largest absolute Gasteiger partial charge is 0.303 e. The second-order valence-corrected chi connectivity index (χ2v) is 7.90. The molecule has 3 atom stereocenters. The van der Waals surface area contributed by atoms with E-state index in [4.69, 9.17) is 0 Å². The van der Waals surface area contributed by atoms with Crippen LogP contribution < -0.4 is 4.72 Å². The molecule has 1 saturated heterocycles. The zero-order valence-corrected chi connectivity index (χ0v) is 15.6. The van der Waals surface area contributed by atoms with Gasteiger partial charge >= 0.3 is 0 Å². The van der Waals surface area contributed by atoms with Gasteiger partial charge in [0.1, 0.15) is 6.29 Å². The van der Waals surface area contributed by atoms with Crippen molar-refractivity contribution in [1.29, 1.82) is 0 Å². The third-order valence-corrected chi connectivity index (χ3v) is 5.86. The molecule has 0 saturated carbocycles. The lowest BCUT2D eigenvalue weighted by atomic mass is 9.81. The summed E-state index contributed by atoms with van der Waals surface area (Å²) in [6, 6.07) is 10.3. The number of benzene rings is 1. The highest BCUT2D eigenvalue weighted by Crippen LogP contribution is 2.28. The van der Waals surface area contributed by atoms with E-state index in [0.29, 0.717) is 11.7 Å². The molecule has 0 amide bonds. The lowest BCUT2D eigenvalue weighted by Crippen LogP contribution is -2.41. The Kier molecular flexibility index (Phi) is 8.00. The number of unbranched alkanes of at least 4 members (excludes halogenated alkanes) is 2. The number of hydrogen-bond acceptors (Lipinski definition) is 4. The first kappa shape index (κ1) is 19.2. The maximum atomic E-state index is 12.8. The zero-order chi connectivity index (χ0) is 17.4. The van der Waals surface area contributed by atoms with Gasteiger partial charge in [0.05, 0.1) is 6.04 Å². The predicted octanol–water partition coefficient (Wildman–Crippen LogP) is 4.07. The van der Waals surface area contributed by atoms with Gasteiger partial charge in [-0.05, 0) is 30.7 Å². The molecule has 1 aliphatic rings. The van der Waals surface area contributed by atoms with Crippen molar-refractivity contribution in [3.8, 4) is 0 Å². The molecule has 1 aromatic carbocycles. The minimum atomic E-state index is -0.288. The summed E-state index contributed by atoms with van der Waals surface area (Å²) in [6.07, 6.45) is 6.36. The van der Waals surface area contributed by atoms with Gasteiger partial charge in [-0.3, -0.25) is 9.52 Å². The van der Waals surface area contributed by atoms with E-state index in [2.05, 4.69) is 42.8 Å². The normalized spacial score (nSPS) is 21.8. The molecule has 24 heavy (non-hydrogen) atoms. The van der Waals surface area contributed by atoms with E-state index in [0.717, 1.165) is 38.4 Å². The Balaban J connectivity index is 1.76. The van der Waals surface area contributed by atoms with E-state index in [1.165, 1.54) is 17.5 Å². The van der Waals surface area contributed by atoms with Crippen molar-refractivity contribution in [2.75, 3.05) is 5.75 Å². The molecule has 1 aliphatic heterocycles. The number of carbonyl (C=O) groups excluding carboxylic acids is 2. The molecule has 1 fully saturated rings. The highest BCUT2D eigenvalue weighted by molar-refractivity contribution is 7.97. The molecule has 2 rings (SSSR count). The van der Waals surface area contributed by atoms with Gasteiger partial charge in [-0.2, -0.15) is 0 Å². The SMILES string of the molecule is CC(C)C(CCCCCc1ccccc1)C(=O)C1NSC[C@H]1C=O. The van der Waals surface area contributed by atoms with E-state index in [9.17, 15) is 9.59 Å². The van der Waals surface area contributed by atoms with Crippen LogP contribution in [0, 0.1) is 17.8 Å². The van der Waals surface area contributed by atoms with E-state index in [1.807, 2.05) is 6.07 Å². The highest BCUT2D eigenvalue weighted by atomic mass is 32.2. The van der Waals surface area contributed by atoms with Crippen LogP contribution in [0.15, 0.2) is 30.3 Å². The van der Waals surface area contributed by atoms with Crippen LogP contribution in [-0.4, -0.2) is 23.9 Å². The van der Waals surface area contributed by atoms with E-state index < -0.39 is 0 Å². The fraction of sp³-hybridized carbons (Fsp3) is 0.600. The van der Waals surface area contributed by atoms with Crippen LogP contribution >= 0.6 is 11.9 Å². The van der Waals surface area contributed by atoms with Crippen molar-refractivity contribution in [2.45, 2.75) is 52.0 Å². The van der Waals surface area contributed by atoms with Crippen molar-refractivity contribution < 1.29 is 9.59 Å². The molecule has 0 aromatic heterocycles. The molecule has 1 N–H and O–H groups in total. The van der Waals surface area contributed by atoms with Gasteiger partial charge in [-0.15, -0.1) is 0 Å². The smallest absolute Gasteiger partial charge is 0.154 e. The molecule has 0 bridgehead atoms. The van der Waals surface area contributed by atoms with Crippen LogP contribution in [0.2, 0.25) is 0 Å². The van der Waals surface area contributed by atoms with Crippen LogP contribution in [-0.2, 0) is 16.0 Å². The number of aldehydes is 1. The molecular weight excluding hydrogens is 318 g/mol. The fourth-order valence-electron chi connectivity index (χ4n) is 3.35. The fourth-order valence-corrected chi connectivity index (χ4v) is 4.38. The number of ketones is 1. The Hall–Kier alpha value is -1.13. The molecular formula is C20H29NO2S. The van der Waals surface area contributed by atoms with Gasteiger partial charge in [0.25, 0.3) is 0 Å². The molecule has 4 heteroatoms. The highest BCUT2D eigenvalue weighted by Gasteiger charge is 2.37. The van der Waals surface area contributed by atoms with Crippen molar-refractivity contribution in [2.24, 2.45) is 17.8 Å². The summed E-state index contributed by atoms with van der Waals surface area (Å²) >= 11 is 1.50. The van der Waals surface area contributed by atoms with E-state index >= 15 is 0 Å². The molecule has 0 radical (unpaired) electrons. The Morgan fingerprint density at radius 2 is 2.00 bits per heavy atom. The van der Waals surface area contributed by atoms with Gasteiger partial charge < -0.3 is 4.79 Å². The van der Waals surface area contributed by atoms with Crippen molar-refractivity contribution in [1.82, 2.24) is 4.72 Å². The average Bonchev–Trinajstić information content (AvgIpc) is 3.07. The molecule has 1 aromatic rings. The molecule has 0 aliphatic carbocycles. The Morgan fingerprint density at radius 1 is 1.25 bits per heavy atom. The quantitative estimate of drug-likeness (QED) is 0.394. The minimum Gasteiger partial charge on any atom is -0.303 e. The summed E-state index contributed by atoms with van der Waals surface area (Å²) in [5, 5.41) is 0. The molecule has 132 valence electrons. The van der Waals surface area contributed by atoms with Crippen LogP contribution in [0.4, 0.5) is 0 Å². The first-order valence-corrected chi connectivity index (χ1v) is 10.0. The average molecular weight is 348 g/mol. The Morgan fingerprint density at radius 3 is 2.67 bits per heavy atom. The van der Waals surface area contributed by atoms with Crippen LogP contribution in [0.3, 0.4) is 0 Å². The molecule has 0 spiro atoms. The maximum Gasteiger partial charge on any atom is 0.154 e. The predicted molar refractivity (Wildman–Crippen MR) is 101 cm³/mol. The second-order valence-electron chi connectivity index (χ2n) is 7.04. The van der Waals surface area contributed by atoms with Crippen molar-refractivity contribution in [3.63, 3.8) is 0 Å². The summed E-state index contributed by atoms with van der Waals surface area (Å²) in [5.74, 6) is 1.16. The lowest BCUT2D eigenvalue weighted by molar-refractivity contribution is -0.128. The van der Waals surface area contributed by atoms with E-state index in [-0.39, 0.29) is 23.7 Å². The number of hydrogen-bond donors (Lipinski definition) is 1. The molecule has 1 heterocycles. The summed E-state index contributed by atoms with van der Waals surface area (Å²) in [5.41, 5.74) is 1.38. The standard InChI is InChI=1S/C20H29NO2S/c1-15(2)18(20(23)19-17(13-22)14-24-21-19)12-8-4-7-11-16-9-5-3-6-10-16/h3,5-6,9-10,13,15,17-19,21H,4,7-8,11-12,14H2,1-2H3/t17-,18?,19?/m1/s1. The van der Waals surface area contributed by atoms with Gasteiger partial charge in [0, 0.05) is 17.6 Å². The second kappa shape index (κ2) is 10.00. The maximum absolute atomic E-state index is 12.8. The number of carbonyl (C=O) groups is 2. The van der Waals surface area contributed by atoms with Gasteiger partial charge in [-0.1, -0.05) is 69.0 Å². The third-order valence-electron chi connectivity index (χ3n) is 4.89. The van der Waals surface area contributed by atoms with Crippen LogP contribution in [0.25, 0.3) is 0 Å². The number of aryl methyl sites for hydroxylation is 1. The van der Waals surface area contributed by atoms with Crippen molar-refractivity contribution >= 4 is 24.0 Å². The van der Waals surface area contributed by atoms with Gasteiger partial charge in [-0.25, -0.2) is 0 Å². The van der Waals surface area contributed by atoms with Crippen LogP contribution in [0.5, 0.6) is 0 Å². The molecule has 2 unspecified atom stereocenters. The van der Waals surface area contributed by atoms with Crippen LogP contribution in [0.1, 0.15) is 45.1 Å². The van der Waals surface area contributed by atoms with E-state index in [1.54, 1.807) is 0 Å². The summed E-state index contributed by atoms with van der Waals surface area (Å²) < 4.78 is 3.15. The minimum absolute atomic E-state index is 0.0559. The topological polar surface area (TPSA) is 46.2 Å². The van der Waals surface area contributed by atoms with Gasteiger partial charge in [0.15, 0.2) is 5.78 Å². The first-order valence-electron chi connectivity index (χ1n) is 9.03. The summed E-state index contributed by atoms with van der Waals surface area (Å²) in [7, 11) is 0. The number of rotatable bonds is 10. The van der Waals surface area contributed by atoms with Crippen molar-refractivity contribution in [3.05, 3.63) is 35.9 Å². The Labute approximate surface area is 150 Å². The summed E-state index contributed by atoms with van der Waals surface area (Å²) in [4.78, 5) is 23.9. The lowest BCUT2D eigenvalue weighted by Gasteiger charge is -2.24. The first-order chi connectivity index (χ1) is 11.6. The zero-order valence-electron chi connectivity index (χ0n) is 14.7.